The molecular weight excluding hydrogens is 216 g/mol. The van der Waals surface area contributed by atoms with Crippen molar-refractivity contribution >= 4 is 17.5 Å². The molecule has 1 fully saturated rings. The third kappa shape index (κ3) is 3.20. The molecule has 1 heterocycles. The van der Waals surface area contributed by atoms with Crippen molar-refractivity contribution in [3.05, 3.63) is 5.28 Å². The summed E-state index contributed by atoms with van der Waals surface area (Å²) in [6.45, 7) is 3.37. The first-order valence-corrected chi connectivity index (χ1v) is 5.44. The summed E-state index contributed by atoms with van der Waals surface area (Å²) in [7, 11) is 0. The molecule has 0 radical (unpaired) electrons. The highest BCUT2D eigenvalue weighted by Gasteiger charge is 2.22. The van der Waals surface area contributed by atoms with Crippen molar-refractivity contribution in [2.45, 2.75) is 19.8 Å². The molecule has 1 N–H and O–H groups in total. The molecule has 1 saturated carbocycles. The van der Waals surface area contributed by atoms with Crippen LogP contribution in [0.15, 0.2) is 0 Å². The quantitative estimate of drug-likeness (QED) is 0.832. The van der Waals surface area contributed by atoms with Crippen molar-refractivity contribution in [1.29, 1.82) is 0 Å². The lowest BCUT2D eigenvalue weighted by molar-refractivity contribution is 0.276. The van der Waals surface area contributed by atoms with Crippen LogP contribution >= 0.6 is 11.6 Å². The summed E-state index contributed by atoms with van der Waals surface area (Å²) in [6, 6.07) is 0.304. The predicted octanol–water partition coefficient (Wildman–Crippen LogP) is 1.75. The Hall–Kier alpha value is -1.10. The van der Waals surface area contributed by atoms with E-state index >= 15 is 0 Å². The molecule has 0 spiro atoms. The Labute approximate surface area is 93.2 Å². The molecule has 82 valence electrons. The highest BCUT2D eigenvalue weighted by Crippen LogP contribution is 2.29. The Bertz CT molecular complexity index is 343. The van der Waals surface area contributed by atoms with Gasteiger partial charge in [0, 0.05) is 6.54 Å². The summed E-state index contributed by atoms with van der Waals surface area (Å²) in [5.74, 6) is 1.13. The Morgan fingerprint density at radius 2 is 2.20 bits per heavy atom. The van der Waals surface area contributed by atoms with Crippen LogP contribution in [-0.4, -0.2) is 28.1 Å². The molecule has 1 aromatic rings. The fourth-order valence-electron chi connectivity index (χ4n) is 1.11. The molecule has 1 aliphatic rings. The lowest BCUT2D eigenvalue weighted by Gasteiger charge is -2.05. The van der Waals surface area contributed by atoms with E-state index in [0.29, 0.717) is 24.5 Å². The van der Waals surface area contributed by atoms with Gasteiger partial charge in [-0.1, -0.05) is 0 Å². The van der Waals surface area contributed by atoms with Gasteiger partial charge in [0.1, 0.15) is 0 Å². The lowest BCUT2D eigenvalue weighted by Crippen LogP contribution is -2.08. The van der Waals surface area contributed by atoms with Crippen molar-refractivity contribution in [1.82, 2.24) is 15.0 Å². The minimum Gasteiger partial charge on any atom is -0.463 e. The molecule has 6 heteroatoms. The largest absolute Gasteiger partial charge is 0.463 e. The monoisotopic (exact) mass is 228 g/mol. The fraction of sp³-hybridized carbons (Fsp3) is 0.667. The van der Waals surface area contributed by atoms with Crippen LogP contribution in [0.3, 0.4) is 0 Å². The molecule has 0 bridgehead atoms. The maximum absolute atomic E-state index is 5.73. The van der Waals surface area contributed by atoms with Crippen LogP contribution in [0.2, 0.25) is 5.28 Å². The number of nitrogens with one attached hydrogen (secondary N) is 1. The van der Waals surface area contributed by atoms with E-state index in [0.717, 1.165) is 6.54 Å². The molecule has 15 heavy (non-hydrogen) atoms. The van der Waals surface area contributed by atoms with Gasteiger partial charge in [-0.3, -0.25) is 0 Å². The van der Waals surface area contributed by atoms with Gasteiger partial charge in [0.05, 0.1) is 6.61 Å². The van der Waals surface area contributed by atoms with Gasteiger partial charge < -0.3 is 10.1 Å². The normalized spacial score (nSPS) is 15.1. The van der Waals surface area contributed by atoms with Gasteiger partial charge in [-0.25, -0.2) is 0 Å². The molecule has 0 aliphatic heterocycles. The van der Waals surface area contributed by atoms with E-state index in [9.17, 15) is 0 Å². The van der Waals surface area contributed by atoms with Gasteiger partial charge >= 0.3 is 6.01 Å². The molecule has 0 aromatic carbocycles. The van der Waals surface area contributed by atoms with Gasteiger partial charge in [0.2, 0.25) is 11.2 Å². The maximum atomic E-state index is 5.73. The molecule has 5 nitrogen and oxygen atoms in total. The third-order valence-corrected chi connectivity index (χ3v) is 2.24. The van der Waals surface area contributed by atoms with E-state index in [4.69, 9.17) is 16.3 Å². The average molecular weight is 229 g/mol. The summed E-state index contributed by atoms with van der Waals surface area (Å²) in [5.41, 5.74) is 0. The van der Waals surface area contributed by atoms with E-state index in [2.05, 4.69) is 20.3 Å². The van der Waals surface area contributed by atoms with Crippen LogP contribution < -0.4 is 10.1 Å². The van der Waals surface area contributed by atoms with E-state index in [1.165, 1.54) is 12.8 Å². The van der Waals surface area contributed by atoms with Crippen LogP contribution in [0.1, 0.15) is 19.8 Å². The van der Waals surface area contributed by atoms with Crippen molar-refractivity contribution in [2.75, 3.05) is 18.5 Å². The molecule has 1 aromatic heterocycles. The molecular formula is C9H13ClN4O. The molecule has 0 saturated heterocycles. The smallest absolute Gasteiger partial charge is 0.322 e. The van der Waals surface area contributed by atoms with Crippen molar-refractivity contribution < 1.29 is 4.74 Å². The number of rotatable bonds is 5. The third-order valence-electron chi connectivity index (χ3n) is 2.07. The topological polar surface area (TPSA) is 59.9 Å². The summed E-state index contributed by atoms with van der Waals surface area (Å²) in [6.07, 6.45) is 2.47. The van der Waals surface area contributed by atoms with Crippen LogP contribution in [0.5, 0.6) is 6.01 Å². The molecule has 0 amide bonds. The van der Waals surface area contributed by atoms with Gasteiger partial charge in [0.15, 0.2) is 0 Å². The summed E-state index contributed by atoms with van der Waals surface area (Å²) >= 11 is 5.73. The van der Waals surface area contributed by atoms with Crippen LogP contribution in [0.25, 0.3) is 0 Å². The van der Waals surface area contributed by atoms with Crippen LogP contribution in [0, 0.1) is 5.92 Å². The van der Waals surface area contributed by atoms with Gasteiger partial charge in [-0.15, -0.1) is 0 Å². The van der Waals surface area contributed by atoms with Gasteiger partial charge in [0.25, 0.3) is 0 Å². The fourth-order valence-corrected chi connectivity index (χ4v) is 1.26. The molecule has 2 rings (SSSR count). The van der Waals surface area contributed by atoms with Crippen molar-refractivity contribution in [3.8, 4) is 6.01 Å². The summed E-state index contributed by atoms with van der Waals surface area (Å²) in [4.78, 5) is 11.9. The number of anilines is 1. The zero-order valence-corrected chi connectivity index (χ0v) is 9.29. The second-order valence-corrected chi connectivity index (χ2v) is 3.83. The number of halogens is 1. The molecule has 0 atom stereocenters. The van der Waals surface area contributed by atoms with E-state index in [1.54, 1.807) is 0 Å². The number of hydrogen-bond acceptors (Lipinski definition) is 5. The minimum atomic E-state index is 0.159. The van der Waals surface area contributed by atoms with Gasteiger partial charge in [-0.05, 0) is 37.3 Å². The molecule has 0 unspecified atom stereocenters. The summed E-state index contributed by atoms with van der Waals surface area (Å²) < 4.78 is 5.41. The summed E-state index contributed by atoms with van der Waals surface area (Å²) in [5, 5.41) is 3.12. The Morgan fingerprint density at radius 3 is 2.87 bits per heavy atom. The van der Waals surface area contributed by atoms with E-state index in [1.807, 2.05) is 6.92 Å². The second kappa shape index (κ2) is 4.61. The number of nitrogens with zero attached hydrogens (tertiary/aromatic N) is 3. The van der Waals surface area contributed by atoms with Gasteiger partial charge in [-0.2, -0.15) is 15.0 Å². The average Bonchev–Trinajstić information content (AvgIpc) is 2.98. The lowest BCUT2D eigenvalue weighted by atomic mass is 10.5. The van der Waals surface area contributed by atoms with E-state index < -0.39 is 0 Å². The SMILES string of the molecule is CCNc1nc(Cl)nc(OCC2CC2)n1. The Morgan fingerprint density at radius 1 is 1.40 bits per heavy atom. The highest BCUT2D eigenvalue weighted by atomic mass is 35.5. The van der Waals surface area contributed by atoms with Crippen molar-refractivity contribution in [3.63, 3.8) is 0 Å². The number of hydrogen-bond donors (Lipinski definition) is 1. The minimum absolute atomic E-state index is 0.159. The van der Waals surface area contributed by atoms with Crippen LogP contribution in [-0.2, 0) is 0 Å². The van der Waals surface area contributed by atoms with Crippen LogP contribution in [0.4, 0.5) is 5.95 Å². The standard InChI is InChI=1S/C9H13ClN4O/c1-2-11-8-12-7(10)13-9(14-8)15-5-6-3-4-6/h6H,2-5H2,1H3,(H,11,12,13,14). The Balaban J connectivity index is 2.00. The maximum Gasteiger partial charge on any atom is 0.322 e. The zero-order valence-electron chi connectivity index (χ0n) is 8.53. The second-order valence-electron chi connectivity index (χ2n) is 3.50. The first kappa shape index (κ1) is 10.4. The first-order valence-electron chi connectivity index (χ1n) is 5.06. The number of aromatic nitrogens is 3. The highest BCUT2D eigenvalue weighted by molar-refractivity contribution is 6.28. The van der Waals surface area contributed by atoms with Crippen molar-refractivity contribution in [2.24, 2.45) is 5.92 Å². The van der Waals surface area contributed by atoms with E-state index in [-0.39, 0.29) is 5.28 Å². The zero-order chi connectivity index (χ0) is 10.7. The predicted molar refractivity (Wildman–Crippen MR) is 57.2 cm³/mol. The Kier molecular flexibility index (Phi) is 3.20. The first-order chi connectivity index (χ1) is 7.28. The number of ether oxygens (including phenoxy) is 1. The molecule has 1 aliphatic carbocycles.